The summed E-state index contributed by atoms with van der Waals surface area (Å²) in [5.41, 5.74) is 4.41. The van der Waals surface area contributed by atoms with Gasteiger partial charge in [-0.25, -0.2) is 0 Å². The van der Waals surface area contributed by atoms with Crippen LogP contribution in [0.1, 0.15) is 82.6 Å². The van der Waals surface area contributed by atoms with Gasteiger partial charge in [0.25, 0.3) is 0 Å². The minimum atomic E-state index is -4.18. The molecule has 0 aromatic heterocycles. The van der Waals surface area contributed by atoms with Crippen LogP contribution in [0.4, 0.5) is 0 Å². The van der Waals surface area contributed by atoms with Gasteiger partial charge in [-0.2, -0.15) is 0 Å². The van der Waals surface area contributed by atoms with E-state index in [1.165, 1.54) is 84.1 Å². The van der Waals surface area contributed by atoms with Crippen LogP contribution >= 0.6 is 17.2 Å². The van der Waals surface area contributed by atoms with E-state index in [4.69, 9.17) is 0 Å². The van der Waals surface area contributed by atoms with Crippen molar-refractivity contribution in [3.05, 3.63) is 35.9 Å². The van der Waals surface area contributed by atoms with Crippen molar-refractivity contribution in [3.63, 3.8) is 0 Å². The van der Waals surface area contributed by atoms with E-state index in [0.29, 0.717) is 5.16 Å². The molecular weight excluding hydrogens is 698 g/mol. The van der Waals surface area contributed by atoms with E-state index in [1.54, 1.807) is 64.2 Å². The third-order valence-electron chi connectivity index (χ3n) is 30.1. The fourth-order valence-electron chi connectivity index (χ4n) is 33.2. The predicted molar refractivity (Wildman–Crippen MR) is 208 cm³/mol. The van der Waals surface area contributed by atoms with Crippen molar-refractivity contribution in [2.75, 3.05) is 32.3 Å². The van der Waals surface area contributed by atoms with Crippen LogP contribution < -0.4 is 10.6 Å². The van der Waals surface area contributed by atoms with Gasteiger partial charge in [-0.15, -0.1) is 0 Å². The Labute approximate surface area is 300 Å². The molecule has 8 saturated carbocycles. The van der Waals surface area contributed by atoms with Gasteiger partial charge in [-0.05, 0) is 0 Å². The van der Waals surface area contributed by atoms with E-state index < -0.39 is 6.51 Å². The van der Waals surface area contributed by atoms with Crippen LogP contribution in [0.3, 0.4) is 0 Å². The van der Waals surface area contributed by atoms with E-state index >= 15 is 0 Å². The van der Waals surface area contributed by atoms with Crippen molar-refractivity contribution in [3.8, 4) is 0 Å². The first kappa shape index (κ1) is 27.2. The molecule has 5 heteroatoms. The second kappa shape index (κ2) is 5.06. The molecule has 20 fully saturated rings. The van der Waals surface area contributed by atoms with Crippen LogP contribution in [0.25, 0.3) is 0 Å². The van der Waals surface area contributed by atoms with E-state index in [0.717, 1.165) is 72.1 Å². The molecule has 21 rings (SSSR count). The Hall–Kier alpha value is 0.519. The van der Waals surface area contributed by atoms with Crippen LogP contribution in [0, 0.1) is 59.2 Å². The van der Waals surface area contributed by atoms with Crippen molar-refractivity contribution >= 4 is 17.2 Å². The first-order valence-corrected chi connectivity index (χ1v) is 31.4. The third-order valence-corrected chi connectivity index (χ3v) is 80.1. The number of hydrogen-bond donors (Lipinski definition) is 2. The molecule has 12 aliphatic heterocycles. The molecule has 51 heavy (non-hydrogen) atoms. The number of benzene rings is 1. The predicted octanol–water partition coefficient (Wildman–Crippen LogP) is 10.2. The molecule has 0 amide bonds. The number of hydrogen-bond acceptors (Lipinski definition) is 2. The molecule has 1 aromatic rings. The molecule has 1 aromatic carbocycles. The molecule has 8 atom stereocenters. The quantitative estimate of drug-likeness (QED) is 0.204. The number of rotatable bonds is 8. The first-order chi connectivity index (χ1) is 24.8. The Morgan fingerprint density at radius 1 is 0.647 bits per heavy atom. The molecule has 2 nitrogen and oxygen atoms in total. The average molecular weight is 761 g/mol. The van der Waals surface area contributed by atoms with Crippen LogP contribution in [0.15, 0.2) is 30.3 Å². The zero-order valence-corrected chi connectivity index (χ0v) is 33.9. The Morgan fingerprint density at radius 2 is 1.12 bits per heavy atom. The Kier molecular flexibility index (Phi) is 2.70. The minimum absolute atomic E-state index is 0.133. The zero-order chi connectivity index (χ0) is 32.4. The van der Waals surface area contributed by atoms with Gasteiger partial charge in [0.05, 0.1) is 0 Å². The van der Waals surface area contributed by atoms with Gasteiger partial charge in [-0.1, -0.05) is 0 Å². The summed E-state index contributed by atoms with van der Waals surface area (Å²) < 4.78 is 2.60. The van der Waals surface area contributed by atoms with Crippen molar-refractivity contribution in [2.24, 2.45) is 59.2 Å². The normalized spacial score (nSPS) is 80.1. The molecular formula is C46H62FeN2P2. The van der Waals surface area contributed by atoms with Gasteiger partial charge in [0.2, 0.25) is 0 Å². The van der Waals surface area contributed by atoms with Gasteiger partial charge < -0.3 is 0 Å². The number of fused-ring (bicyclic) bond motifs is 10. The Morgan fingerprint density at radius 3 is 1.53 bits per heavy atom. The third kappa shape index (κ3) is 0.925. The summed E-state index contributed by atoms with van der Waals surface area (Å²) in [6.45, 7) is 1.15. The molecule has 274 valence electrons. The Bertz CT molecular complexity index is 2200. The molecule has 12 saturated heterocycles. The molecule has 20 aliphatic rings. The van der Waals surface area contributed by atoms with Crippen molar-refractivity contribution in [1.82, 2.24) is 10.6 Å². The summed E-state index contributed by atoms with van der Waals surface area (Å²) in [4.78, 5) is 9.39. The molecule has 8 aliphatic carbocycles. The number of nitrogens with one attached hydrogen (secondary N) is 2. The van der Waals surface area contributed by atoms with E-state index in [-0.39, 0.29) is 7.92 Å². The SMILES string of the molecule is PC(C1CCNC1)(C1CCNC1)[C]12[CH]3[C]4(c5ccccc5)[CH]5[C]1(CP(C1C6CC7CC(C6)CC1C7)C1C6CC7CC(C6)CC1C7)[Fe]53421678[CH]2[CH]1[CH]6[CH]7[CH]28. The van der Waals surface area contributed by atoms with Gasteiger partial charge in [0.1, 0.15) is 0 Å². The zero-order valence-electron chi connectivity index (χ0n) is 30.8. The summed E-state index contributed by atoms with van der Waals surface area (Å²) in [6.07, 6.45) is 21.7. The summed E-state index contributed by atoms with van der Waals surface area (Å²) in [5, 5.41) is 8.67. The van der Waals surface area contributed by atoms with Crippen molar-refractivity contribution in [2.45, 2.75) is 140 Å². The topological polar surface area (TPSA) is 24.1 Å². The van der Waals surface area contributed by atoms with Crippen LogP contribution in [-0.2, 0) is 10.8 Å². The van der Waals surface area contributed by atoms with E-state index in [2.05, 4.69) is 50.2 Å². The first-order valence-electron chi connectivity index (χ1n) is 23.0. The van der Waals surface area contributed by atoms with Crippen LogP contribution in [-0.4, -0.2) is 48.8 Å². The van der Waals surface area contributed by atoms with Gasteiger partial charge in [0.15, 0.2) is 0 Å². The van der Waals surface area contributed by atoms with Gasteiger partial charge in [0, 0.05) is 0 Å². The molecule has 2 N–H and O–H groups in total. The fraction of sp³-hybridized carbons (Fsp3) is 0.870. The Balaban J connectivity index is 0.886. The second-order valence-corrected chi connectivity index (χ2v) is 52.7. The summed E-state index contributed by atoms with van der Waals surface area (Å²) in [6, 6.07) is 13.0. The van der Waals surface area contributed by atoms with Crippen LogP contribution in [0.2, 0.25) is 42.3 Å². The second-order valence-electron chi connectivity index (χ2n) is 26.2. The summed E-state index contributed by atoms with van der Waals surface area (Å²) >= 11 is 0. The monoisotopic (exact) mass is 760 g/mol. The van der Waals surface area contributed by atoms with Crippen molar-refractivity contribution in [1.29, 1.82) is 0 Å². The molecule has 0 radical (unpaired) electrons. The molecule has 8 bridgehead atoms. The van der Waals surface area contributed by atoms with Gasteiger partial charge in [-0.3, -0.25) is 0 Å². The van der Waals surface area contributed by atoms with E-state index in [1.807, 2.05) is 11.7 Å². The van der Waals surface area contributed by atoms with Gasteiger partial charge >= 0.3 is 302 Å². The van der Waals surface area contributed by atoms with E-state index in [9.17, 15) is 0 Å². The maximum absolute atomic E-state index is 4.18. The summed E-state index contributed by atoms with van der Waals surface area (Å²) in [5.74, 6) is 11.1. The molecule has 12 heterocycles. The molecule has 8 unspecified atom stereocenters. The maximum atomic E-state index is 4.10. The average Bonchev–Trinajstić information content (AvgIpc) is 3.90. The standard InChI is InChI=1S/C41H57N2P2.C5H5.Fe/c44-41(36-6-8-42-22-36,37-7-9-43-23-37)38-21-30(29-4-2-1-3-5-29)20-35(38)24-45(39-31-12-25-10-26(14-31)15-32(39)13-25)40-33-16-27-11-28(18-33)19-34(40)17-27;1-2-4-5-3-1;/h1-5,20-21,25-28,31-34,36-37,39-40,42-43H,6-19,22-24,44H2;1-5H;. The summed E-state index contributed by atoms with van der Waals surface area (Å²) in [7, 11) is 4.24. The molecule has 1 spiro atoms. The fourth-order valence-corrected chi connectivity index (χ4v) is 124. The van der Waals surface area contributed by atoms with Crippen molar-refractivity contribution < 1.29 is 6.51 Å². The van der Waals surface area contributed by atoms with Crippen LogP contribution in [0.5, 0.6) is 0 Å².